The van der Waals surface area contributed by atoms with E-state index >= 15 is 0 Å². The number of hydrogen-bond acceptors (Lipinski definition) is 2. The molecule has 3 heteroatoms. The van der Waals surface area contributed by atoms with Crippen LogP contribution in [0.3, 0.4) is 0 Å². The molecule has 2 aliphatic rings. The van der Waals surface area contributed by atoms with Crippen LogP contribution in [0.25, 0.3) is 0 Å². The standard InChI is InChI=1S/C20H29NO2/c1-2-23-15-16-7-6-12-21(14-16)20(22)13-19(18-10-11-18)17-8-4-3-5-9-17/h3-5,8-9,16,18-19H,2,6-7,10-15H2,1H3. The first-order valence-corrected chi connectivity index (χ1v) is 9.18. The van der Waals surface area contributed by atoms with Crippen LogP contribution in [0, 0.1) is 11.8 Å². The number of benzene rings is 1. The summed E-state index contributed by atoms with van der Waals surface area (Å²) in [5, 5.41) is 0. The number of rotatable bonds is 7. The van der Waals surface area contributed by atoms with Gasteiger partial charge in [-0.3, -0.25) is 4.79 Å². The van der Waals surface area contributed by atoms with E-state index in [0.717, 1.165) is 32.7 Å². The molecular weight excluding hydrogens is 286 g/mol. The van der Waals surface area contributed by atoms with Crippen LogP contribution in [0.5, 0.6) is 0 Å². The van der Waals surface area contributed by atoms with Crippen LogP contribution >= 0.6 is 0 Å². The van der Waals surface area contributed by atoms with Gasteiger partial charge in [-0.2, -0.15) is 0 Å². The van der Waals surface area contributed by atoms with E-state index in [9.17, 15) is 4.79 Å². The minimum absolute atomic E-state index is 0.340. The summed E-state index contributed by atoms with van der Waals surface area (Å²) in [6, 6.07) is 10.6. The van der Waals surface area contributed by atoms with E-state index < -0.39 is 0 Å². The quantitative estimate of drug-likeness (QED) is 0.765. The largest absolute Gasteiger partial charge is 0.381 e. The molecule has 1 aliphatic carbocycles. The zero-order valence-electron chi connectivity index (χ0n) is 14.2. The Labute approximate surface area is 140 Å². The molecule has 2 unspecified atom stereocenters. The average molecular weight is 315 g/mol. The summed E-state index contributed by atoms with van der Waals surface area (Å²) in [6.45, 7) is 5.40. The van der Waals surface area contributed by atoms with Crippen molar-refractivity contribution < 1.29 is 9.53 Å². The van der Waals surface area contributed by atoms with Gasteiger partial charge in [0.2, 0.25) is 5.91 Å². The maximum absolute atomic E-state index is 12.8. The first kappa shape index (κ1) is 16.5. The third-order valence-electron chi connectivity index (χ3n) is 5.24. The molecule has 3 rings (SSSR count). The Balaban J connectivity index is 1.58. The van der Waals surface area contributed by atoms with Crippen molar-refractivity contribution in [2.45, 2.75) is 44.9 Å². The molecule has 1 aromatic carbocycles. The smallest absolute Gasteiger partial charge is 0.223 e. The van der Waals surface area contributed by atoms with Gasteiger partial charge in [0, 0.05) is 26.1 Å². The number of ether oxygens (including phenoxy) is 1. The fourth-order valence-electron chi connectivity index (χ4n) is 3.78. The van der Waals surface area contributed by atoms with Gasteiger partial charge in [0.05, 0.1) is 6.61 Å². The molecule has 126 valence electrons. The van der Waals surface area contributed by atoms with Crippen molar-refractivity contribution in [1.82, 2.24) is 4.90 Å². The molecular formula is C20H29NO2. The first-order chi connectivity index (χ1) is 11.3. The molecule has 1 heterocycles. The van der Waals surface area contributed by atoms with Gasteiger partial charge in [0.25, 0.3) is 0 Å². The Kier molecular flexibility index (Phi) is 5.71. The third-order valence-corrected chi connectivity index (χ3v) is 5.24. The van der Waals surface area contributed by atoms with Crippen molar-refractivity contribution >= 4 is 5.91 Å². The molecule has 2 atom stereocenters. The highest BCUT2D eigenvalue weighted by Gasteiger charge is 2.35. The van der Waals surface area contributed by atoms with Crippen molar-refractivity contribution in [3.63, 3.8) is 0 Å². The number of amides is 1. The predicted octanol–water partition coefficient (Wildman–Crippen LogP) is 3.85. The lowest BCUT2D eigenvalue weighted by molar-refractivity contribution is -0.134. The fraction of sp³-hybridized carbons (Fsp3) is 0.650. The second-order valence-electron chi connectivity index (χ2n) is 7.07. The Morgan fingerprint density at radius 1 is 1.26 bits per heavy atom. The number of carbonyl (C=O) groups excluding carboxylic acids is 1. The summed E-state index contributed by atoms with van der Waals surface area (Å²) in [5.74, 6) is 1.98. The summed E-state index contributed by atoms with van der Waals surface area (Å²) < 4.78 is 5.56. The second-order valence-corrected chi connectivity index (χ2v) is 7.07. The van der Waals surface area contributed by atoms with Gasteiger partial charge in [-0.05, 0) is 55.9 Å². The lowest BCUT2D eigenvalue weighted by Gasteiger charge is -2.33. The average Bonchev–Trinajstić information content (AvgIpc) is 3.43. The molecule has 2 fully saturated rings. The highest BCUT2D eigenvalue weighted by molar-refractivity contribution is 5.77. The Morgan fingerprint density at radius 2 is 2.04 bits per heavy atom. The van der Waals surface area contributed by atoms with Crippen molar-refractivity contribution in [2.75, 3.05) is 26.3 Å². The van der Waals surface area contributed by atoms with E-state index in [1.807, 2.05) is 6.92 Å². The van der Waals surface area contributed by atoms with E-state index in [4.69, 9.17) is 4.74 Å². The van der Waals surface area contributed by atoms with Gasteiger partial charge in [-0.15, -0.1) is 0 Å². The maximum atomic E-state index is 12.8. The van der Waals surface area contributed by atoms with Gasteiger partial charge in [-0.1, -0.05) is 30.3 Å². The van der Waals surface area contributed by atoms with E-state index in [0.29, 0.717) is 30.1 Å². The molecule has 23 heavy (non-hydrogen) atoms. The highest BCUT2D eigenvalue weighted by Crippen LogP contribution is 2.44. The zero-order valence-corrected chi connectivity index (χ0v) is 14.2. The van der Waals surface area contributed by atoms with Gasteiger partial charge in [0.1, 0.15) is 0 Å². The minimum atomic E-state index is 0.340. The van der Waals surface area contributed by atoms with E-state index in [2.05, 4.69) is 35.2 Å². The molecule has 1 saturated heterocycles. The van der Waals surface area contributed by atoms with Gasteiger partial charge in [-0.25, -0.2) is 0 Å². The molecule has 1 aromatic rings. The zero-order chi connectivity index (χ0) is 16.1. The molecule has 1 amide bonds. The first-order valence-electron chi connectivity index (χ1n) is 9.18. The molecule has 0 N–H and O–H groups in total. The molecule has 1 saturated carbocycles. The van der Waals surface area contributed by atoms with Crippen LogP contribution in [-0.2, 0) is 9.53 Å². The number of likely N-dealkylation sites (tertiary alicyclic amines) is 1. The van der Waals surface area contributed by atoms with Gasteiger partial charge >= 0.3 is 0 Å². The van der Waals surface area contributed by atoms with Crippen molar-refractivity contribution in [1.29, 1.82) is 0 Å². The number of carbonyl (C=O) groups is 1. The maximum Gasteiger partial charge on any atom is 0.223 e. The fourth-order valence-corrected chi connectivity index (χ4v) is 3.78. The Hall–Kier alpha value is -1.35. The minimum Gasteiger partial charge on any atom is -0.381 e. The summed E-state index contributed by atoms with van der Waals surface area (Å²) >= 11 is 0. The Morgan fingerprint density at radius 3 is 2.74 bits per heavy atom. The molecule has 0 radical (unpaired) electrons. The number of piperidine rings is 1. The summed E-state index contributed by atoms with van der Waals surface area (Å²) in [6.07, 6.45) is 5.53. The van der Waals surface area contributed by atoms with Gasteiger partial charge < -0.3 is 9.64 Å². The summed E-state index contributed by atoms with van der Waals surface area (Å²) in [7, 11) is 0. The molecule has 3 nitrogen and oxygen atoms in total. The predicted molar refractivity (Wildman–Crippen MR) is 92.3 cm³/mol. The van der Waals surface area contributed by atoms with Crippen LogP contribution in [0.15, 0.2) is 30.3 Å². The molecule has 0 spiro atoms. The van der Waals surface area contributed by atoms with Crippen LogP contribution in [0.2, 0.25) is 0 Å². The van der Waals surface area contributed by atoms with E-state index in [1.165, 1.54) is 24.8 Å². The number of nitrogens with zero attached hydrogens (tertiary/aromatic N) is 1. The third kappa shape index (κ3) is 4.57. The van der Waals surface area contributed by atoms with Crippen LogP contribution < -0.4 is 0 Å². The van der Waals surface area contributed by atoms with Crippen molar-refractivity contribution in [2.24, 2.45) is 11.8 Å². The summed E-state index contributed by atoms with van der Waals surface area (Å²) in [5.41, 5.74) is 1.34. The molecule has 0 aromatic heterocycles. The van der Waals surface area contributed by atoms with Crippen LogP contribution in [0.4, 0.5) is 0 Å². The normalized spacial score (nSPS) is 22.8. The Bertz CT molecular complexity index is 498. The van der Waals surface area contributed by atoms with E-state index in [1.54, 1.807) is 0 Å². The lowest BCUT2D eigenvalue weighted by atomic mass is 9.90. The molecule has 0 bridgehead atoms. The molecule has 1 aliphatic heterocycles. The summed E-state index contributed by atoms with van der Waals surface area (Å²) in [4.78, 5) is 14.9. The second kappa shape index (κ2) is 7.96. The van der Waals surface area contributed by atoms with Crippen molar-refractivity contribution in [3.8, 4) is 0 Å². The highest BCUT2D eigenvalue weighted by atomic mass is 16.5. The topological polar surface area (TPSA) is 29.5 Å². The van der Waals surface area contributed by atoms with Crippen LogP contribution in [-0.4, -0.2) is 37.1 Å². The van der Waals surface area contributed by atoms with Crippen LogP contribution in [0.1, 0.15) is 50.5 Å². The SMILES string of the molecule is CCOCC1CCCN(C(=O)CC(c2ccccc2)C2CC2)C1. The van der Waals surface area contributed by atoms with Gasteiger partial charge in [0.15, 0.2) is 0 Å². The number of hydrogen-bond donors (Lipinski definition) is 0. The monoisotopic (exact) mass is 315 g/mol. The van der Waals surface area contributed by atoms with Crippen molar-refractivity contribution in [3.05, 3.63) is 35.9 Å². The van der Waals surface area contributed by atoms with E-state index in [-0.39, 0.29) is 0 Å². The lowest BCUT2D eigenvalue weighted by Crippen LogP contribution is -2.41.